The second kappa shape index (κ2) is 8.29. The third-order valence-corrected chi connectivity index (χ3v) is 3.25. The summed E-state index contributed by atoms with van der Waals surface area (Å²) in [6.07, 6.45) is 2.25. The van der Waals surface area contributed by atoms with Crippen molar-refractivity contribution in [3.63, 3.8) is 0 Å². The number of carbonyl (C=O) groups is 1. The summed E-state index contributed by atoms with van der Waals surface area (Å²) in [5, 5.41) is 6.63. The van der Waals surface area contributed by atoms with Crippen molar-refractivity contribution >= 4 is 11.7 Å². The number of carbonyl (C=O) groups excluding carboxylic acids is 1. The Kier molecular flexibility index (Phi) is 6.72. The van der Waals surface area contributed by atoms with Gasteiger partial charge in [0.25, 0.3) is 5.91 Å². The fourth-order valence-corrected chi connectivity index (χ4v) is 1.64. The van der Waals surface area contributed by atoms with Gasteiger partial charge in [-0.05, 0) is 32.3 Å². The number of amidine groups is 1. The first-order chi connectivity index (χ1) is 9.93. The Bertz CT molecular complexity index is 470. The van der Waals surface area contributed by atoms with Gasteiger partial charge in [0.2, 0.25) is 0 Å². The summed E-state index contributed by atoms with van der Waals surface area (Å²) < 4.78 is 0. The maximum Gasteiger partial charge on any atom is 0.261 e. The van der Waals surface area contributed by atoms with Crippen LogP contribution >= 0.6 is 0 Å². The molecule has 0 unspecified atom stereocenters. The molecule has 0 atom stereocenters. The van der Waals surface area contributed by atoms with Gasteiger partial charge in [-0.15, -0.1) is 0 Å². The monoisotopic (exact) mass is 291 g/mol. The van der Waals surface area contributed by atoms with Crippen molar-refractivity contribution in [3.05, 3.63) is 35.9 Å². The molecule has 0 bridgehead atoms. The fraction of sp³-hybridized carbons (Fsp3) is 0.500. The summed E-state index contributed by atoms with van der Waals surface area (Å²) in [6.45, 7) is 5.82. The van der Waals surface area contributed by atoms with Crippen LogP contribution in [0.5, 0.6) is 0 Å². The molecule has 1 amide bonds. The van der Waals surface area contributed by atoms with E-state index in [1.807, 2.05) is 51.1 Å². The van der Waals surface area contributed by atoms with E-state index in [0.717, 1.165) is 12.8 Å². The number of amides is 1. The first-order valence-corrected chi connectivity index (χ1v) is 7.22. The highest BCUT2D eigenvalue weighted by molar-refractivity contribution is 5.80. The van der Waals surface area contributed by atoms with Crippen LogP contribution in [0.1, 0.15) is 39.2 Å². The maximum atomic E-state index is 11.6. The molecule has 0 fully saturated rings. The lowest BCUT2D eigenvalue weighted by molar-refractivity contribution is -0.127. The molecule has 0 saturated carbocycles. The van der Waals surface area contributed by atoms with Gasteiger partial charge < -0.3 is 15.9 Å². The molecule has 0 spiro atoms. The zero-order chi connectivity index (χ0) is 15.7. The number of aryl methyl sites for hydroxylation is 1. The lowest BCUT2D eigenvalue weighted by atomic mass is 10.0. The highest BCUT2D eigenvalue weighted by Gasteiger charge is 2.17. The molecule has 1 aromatic rings. The van der Waals surface area contributed by atoms with Gasteiger partial charge in [0.15, 0.2) is 6.61 Å². The summed E-state index contributed by atoms with van der Waals surface area (Å²) >= 11 is 0. The van der Waals surface area contributed by atoms with Crippen molar-refractivity contribution < 1.29 is 9.63 Å². The third-order valence-electron chi connectivity index (χ3n) is 3.25. The van der Waals surface area contributed by atoms with Crippen LogP contribution in [0.15, 0.2) is 35.5 Å². The van der Waals surface area contributed by atoms with Gasteiger partial charge in [-0.2, -0.15) is 0 Å². The van der Waals surface area contributed by atoms with Gasteiger partial charge in [0.1, 0.15) is 5.84 Å². The molecule has 5 nitrogen and oxygen atoms in total. The SMILES string of the molecule is CCC(C)(C)NC(=O)CO/N=C(\N)CCc1ccccc1. The molecular formula is C16H25N3O2. The molecule has 116 valence electrons. The Hall–Kier alpha value is -2.04. The Morgan fingerprint density at radius 3 is 2.62 bits per heavy atom. The minimum absolute atomic E-state index is 0.116. The van der Waals surface area contributed by atoms with Gasteiger partial charge in [0.05, 0.1) is 0 Å². The Balaban J connectivity index is 2.28. The average molecular weight is 291 g/mol. The third kappa shape index (κ3) is 7.34. The number of hydrogen-bond acceptors (Lipinski definition) is 3. The zero-order valence-corrected chi connectivity index (χ0v) is 13.1. The summed E-state index contributed by atoms with van der Waals surface area (Å²) in [5.74, 6) is 0.197. The molecule has 1 aromatic carbocycles. The summed E-state index contributed by atoms with van der Waals surface area (Å²) in [7, 11) is 0. The lowest BCUT2D eigenvalue weighted by Crippen LogP contribution is -2.44. The maximum absolute atomic E-state index is 11.6. The van der Waals surface area contributed by atoms with Crippen molar-refractivity contribution in [2.24, 2.45) is 10.9 Å². The lowest BCUT2D eigenvalue weighted by Gasteiger charge is -2.23. The molecule has 0 radical (unpaired) electrons. The van der Waals surface area contributed by atoms with Crippen LogP contribution < -0.4 is 11.1 Å². The van der Waals surface area contributed by atoms with Crippen LogP contribution in [-0.4, -0.2) is 23.9 Å². The molecule has 0 aliphatic carbocycles. The van der Waals surface area contributed by atoms with E-state index < -0.39 is 0 Å². The second-order valence-electron chi connectivity index (χ2n) is 5.63. The number of nitrogens with two attached hydrogens (primary N) is 1. The van der Waals surface area contributed by atoms with Crippen molar-refractivity contribution in [3.8, 4) is 0 Å². The minimum Gasteiger partial charge on any atom is -0.384 e. The number of rotatable bonds is 8. The van der Waals surface area contributed by atoms with Crippen LogP contribution in [0.2, 0.25) is 0 Å². The highest BCUT2D eigenvalue weighted by Crippen LogP contribution is 2.06. The van der Waals surface area contributed by atoms with E-state index in [4.69, 9.17) is 10.6 Å². The molecule has 0 aromatic heterocycles. The number of nitrogens with zero attached hydrogens (tertiary/aromatic N) is 1. The first-order valence-electron chi connectivity index (χ1n) is 7.22. The molecule has 21 heavy (non-hydrogen) atoms. The first kappa shape index (κ1) is 17.0. The average Bonchev–Trinajstić information content (AvgIpc) is 2.46. The topological polar surface area (TPSA) is 76.7 Å². The Labute approximate surface area is 126 Å². The van der Waals surface area contributed by atoms with Gasteiger partial charge in [-0.25, -0.2) is 0 Å². The minimum atomic E-state index is -0.233. The molecule has 3 N–H and O–H groups in total. The van der Waals surface area contributed by atoms with Crippen molar-refractivity contribution in [2.75, 3.05) is 6.61 Å². The number of nitrogens with one attached hydrogen (secondary N) is 1. The number of benzene rings is 1. The van der Waals surface area contributed by atoms with Gasteiger partial charge >= 0.3 is 0 Å². The Morgan fingerprint density at radius 2 is 2.00 bits per heavy atom. The Morgan fingerprint density at radius 1 is 1.33 bits per heavy atom. The molecular weight excluding hydrogens is 266 g/mol. The summed E-state index contributed by atoms with van der Waals surface area (Å²) in [5.41, 5.74) is 6.71. The van der Waals surface area contributed by atoms with Crippen LogP contribution in [0.25, 0.3) is 0 Å². The summed E-state index contributed by atoms with van der Waals surface area (Å²) in [6, 6.07) is 10.0. The largest absolute Gasteiger partial charge is 0.384 e. The van der Waals surface area contributed by atoms with E-state index in [0.29, 0.717) is 12.3 Å². The predicted molar refractivity (Wildman–Crippen MR) is 84.9 cm³/mol. The fourth-order valence-electron chi connectivity index (χ4n) is 1.64. The van der Waals surface area contributed by atoms with E-state index >= 15 is 0 Å². The van der Waals surface area contributed by atoms with E-state index in [9.17, 15) is 4.79 Å². The highest BCUT2D eigenvalue weighted by atomic mass is 16.6. The smallest absolute Gasteiger partial charge is 0.261 e. The van der Waals surface area contributed by atoms with Crippen LogP contribution in [0.3, 0.4) is 0 Å². The van der Waals surface area contributed by atoms with Crippen LogP contribution in [0, 0.1) is 0 Å². The van der Waals surface area contributed by atoms with Gasteiger partial charge in [0, 0.05) is 12.0 Å². The molecule has 0 heterocycles. The van der Waals surface area contributed by atoms with Crippen LogP contribution in [-0.2, 0) is 16.1 Å². The molecule has 0 saturated heterocycles. The van der Waals surface area contributed by atoms with E-state index in [1.165, 1.54) is 5.56 Å². The van der Waals surface area contributed by atoms with Gasteiger partial charge in [-0.3, -0.25) is 4.79 Å². The normalized spacial score (nSPS) is 12.0. The van der Waals surface area contributed by atoms with Crippen LogP contribution in [0.4, 0.5) is 0 Å². The van der Waals surface area contributed by atoms with Crippen molar-refractivity contribution in [2.45, 2.75) is 45.6 Å². The number of oxime groups is 1. The predicted octanol–water partition coefficient (Wildman–Crippen LogP) is 2.21. The van der Waals surface area contributed by atoms with Gasteiger partial charge in [-0.1, -0.05) is 42.4 Å². The molecule has 0 aliphatic rings. The molecule has 1 rings (SSSR count). The summed E-state index contributed by atoms with van der Waals surface area (Å²) in [4.78, 5) is 16.6. The van der Waals surface area contributed by atoms with Crippen molar-refractivity contribution in [1.82, 2.24) is 5.32 Å². The standard InChI is InChI=1S/C16H25N3O2/c1-4-16(2,3)18-15(20)12-21-19-14(17)11-10-13-8-6-5-7-9-13/h5-9H,4,10-12H2,1-3H3,(H2,17,19)(H,18,20). The van der Waals surface area contributed by atoms with E-state index in [-0.39, 0.29) is 18.1 Å². The van der Waals surface area contributed by atoms with Crippen molar-refractivity contribution in [1.29, 1.82) is 0 Å². The van der Waals surface area contributed by atoms with E-state index in [2.05, 4.69) is 10.5 Å². The number of hydrogen-bond donors (Lipinski definition) is 2. The molecule has 0 aliphatic heterocycles. The van der Waals surface area contributed by atoms with E-state index in [1.54, 1.807) is 0 Å². The molecule has 5 heteroatoms. The second-order valence-corrected chi connectivity index (χ2v) is 5.63. The zero-order valence-electron chi connectivity index (χ0n) is 13.1. The quantitative estimate of drug-likeness (QED) is 0.438.